The predicted octanol–water partition coefficient (Wildman–Crippen LogP) is 4.09. The zero-order valence-corrected chi connectivity index (χ0v) is 16.1. The highest BCUT2D eigenvalue weighted by atomic mass is 16.4. The van der Waals surface area contributed by atoms with E-state index in [2.05, 4.69) is 27.7 Å². The van der Waals surface area contributed by atoms with Crippen molar-refractivity contribution in [3.05, 3.63) is 60.2 Å². The largest absolute Gasteiger partial charge is 0.481 e. The van der Waals surface area contributed by atoms with Gasteiger partial charge in [0.2, 0.25) is 0 Å². The van der Waals surface area contributed by atoms with Gasteiger partial charge in [0.25, 0.3) is 0 Å². The lowest BCUT2D eigenvalue weighted by molar-refractivity contribution is -0.142. The van der Waals surface area contributed by atoms with Crippen LogP contribution in [0.5, 0.6) is 0 Å². The molecule has 6 nitrogen and oxygen atoms in total. The molecule has 0 unspecified atom stereocenters. The zero-order chi connectivity index (χ0) is 19.9. The molecule has 28 heavy (non-hydrogen) atoms. The summed E-state index contributed by atoms with van der Waals surface area (Å²) in [6, 6.07) is 17.7. The lowest BCUT2D eigenvalue weighted by Gasteiger charge is -2.27. The molecule has 0 aliphatic heterocycles. The Morgan fingerprint density at radius 2 is 1.64 bits per heavy atom. The summed E-state index contributed by atoms with van der Waals surface area (Å²) in [5, 5.41) is 15.0. The summed E-state index contributed by atoms with van der Waals surface area (Å²) in [6.45, 7) is 0.736. The molecule has 1 saturated carbocycles. The highest BCUT2D eigenvalue weighted by molar-refractivity contribution is 5.93. The molecule has 1 aliphatic carbocycles. The molecule has 0 saturated heterocycles. The van der Waals surface area contributed by atoms with Crippen LogP contribution in [0.3, 0.4) is 0 Å². The standard InChI is InChI=1S/C22H27N3O3/c1-25(15-16-7-3-2-4-8-16)20-10-6-5-9-19(20)24-22(28)23-18-13-11-17(12-14-18)21(26)27/h2-10,17-18H,11-15H2,1H3,(H,26,27)(H2,23,24,28). The van der Waals surface area contributed by atoms with E-state index in [1.54, 1.807) is 0 Å². The first-order chi connectivity index (χ1) is 13.5. The Labute approximate surface area is 165 Å². The van der Waals surface area contributed by atoms with Crippen LogP contribution in [0.25, 0.3) is 0 Å². The van der Waals surface area contributed by atoms with Gasteiger partial charge in [-0.05, 0) is 43.4 Å². The summed E-state index contributed by atoms with van der Waals surface area (Å²) in [4.78, 5) is 25.6. The van der Waals surface area contributed by atoms with Gasteiger partial charge >= 0.3 is 12.0 Å². The van der Waals surface area contributed by atoms with Crippen LogP contribution in [0.2, 0.25) is 0 Å². The number of nitrogens with one attached hydrogen (secondary N) is 2. The van der Waals surface area contributed by atoms with Gasteiger partial charge < -0.3 is 20.6 Å². The normalized spacial score (nSPS) is 18.9. The molecule has 0 aromatic heterocycles. The van der Waals surface area contributed by atoms with E-state index in [1.807, 2.05) is 49.5 Å². The van der Waals surface area contributed by atoms with E-state index in [0.717, 1.165) is 17.9 Å². The monoisotopic (exact) mass is 381 g/mol. The summed E-state index contributed by atoms with van der Waals surface area (Å²) in [7, 11) is 2.00. The van der Waals surface area contributed by atoms with Gasteiger partial charge in [-0.2, -0.15) is 0 Å². The van der Waals surface area contributed by atoms with Crippen molar-refractivity contribution in [3.63, 3.8) is 0 Å². The van der Waals surface area contributed by atoms with Crippen LogP contribution in [-0.4, -0.2) is 30.2 Å². The Morgan fingerprint density at radius 3 is 2.32 bits per heavy atom. The van der Waals surface area contributed by atoms with Crippen molar-refractivity contribution in [2.45, 2.75) is 38.3 Å². The fraction of sp³-hybridized carbons (Fsp3) is 0.364. The maximum atomic E-state index is 12.5. The maximum absolute atomic E-state index is 12.5. The first kappa shape index (κ1) is 19.7. The van der Waals surface area contributed by atoms with Gasteiger partial charge in [-0.3, -0.25) is 4.79 Å². The number of hydrogen-bond donors (Lipinski definition) is 3. The molecule has 2 amide bonds. The zero-order valence-electron chi connectivity index (χ0n) is 16.1. The summed E-state index contributed by atoms with van der Waals surface area (Å²) >= 11 is 0. The van der Waals surface area contributed by atoms with Gasteiger partial charge in [-0.15, -0.1) is 0 Å². The van der Waals surface area contributed by atoms with Crippen molar-refractivity contribution in [3.8, 4) is 0 Å². The van der Waals surface area contributed by atoms with E-state index in [1.165, 1.54) is 5.56 Å². The molecule has 2 aromatic carbocycles. The Hall–Kier alpha value is -3.02. The van der Waals surface area contributed by atoms with Gasteiger partial charge in [0.1, 0.15) is 0 Å². The molecular weight excluding hydrogens is 354 g/mol. The first-order valence-electron chi connectivity index (χ1n) is 9.67. The number of para-hydroxylation sites is 2. The van der Waals surface area contributed by atoms with Crippen molar-refractivity contribution >= 4 is 23.4 Å². The third-order valence-corrected chi connectivity index (χ3v) is 5.24. The molecule has 0 atom stereocenters. The number of anilines is 2. The average Bonchev–Trinajstić information content (AvgIpc) is 2.69. The SMILES string of the molecule is CN(Cc1ccccc1)c1ccccc1NC(=O)NC1CCC(C(=O)O)CC1. The summed E-state index contributed by atoms with van der Waals surface area (Å²) in [6.07, 6.45) is 2.60. The summed E-state index contributed by atoms with van der Waals surface area (Å²) in [5.41, 5.74) is 2.88. The summed E-state index contributed by atoms with van der Waals surface area (Å²) in [5.74, 6) is -1.02. The molecule has 2 aromatic rings. The molecule has 0 radical (unpaired) electrons. The number of hydrogen-bond acceptors (Lipinski definition) is 3. The molecule has 0 heterocycles. The lowest BCUT2D eigenvalue weighted by Crippen LogP contribution is -2.41. The number of benzene rings is 2. The number of carboxylic acids is 1. The van der Waals surface area contributed by atoms with Gasteiger partial charge in [0, 0.05) is 19.6 Å². The minimum atomic E-state index is -0.738. The predicted molar refractivity (Wildman–Crippen MR) is 111 cm³/mol. The molecule has 0 spiro atoms. The maximum Gasteiger partial charge on any atom is 0.319 e. The number of urea groups is 1. The molecule has 148 valence electrons. The number of rotatable bonds is 6. The molecule has 1 aliphatic rings. The topological polar surface area (TPSA) is 81.7 Å². The van der Waals surface area contributed by atoms with Crippen LogP contribution in [0.4, 0.5) is 16.2 Å². The van der Waals surface area contributed by atoms with Crippen molar-refractivity contribution in [2.24, 2.45) is 5.92 Å². The number of carbonyl (C=O) groups is 2. The van der Waals surface area contributed by atoms with E-state index < -0.39 is 5.97 Å². The summed E-state index contributed by atoms with van der Waals surface area (Å²) < 4.78 is 0. The van der Waals surface area contributed by atoms with Gasteiger partial charge in [0.15, 0.2) is 0 Å². The van der Waals surface area contributed by atoms with Crippen molar-refractivity contribution in [2.75, 3.05) is 17.3 Å². The number of nitrogens with zero attached hydrogens (tertiary/aromatic N) is 1. The molecule has 3 N–H and O–H groups in total. The van der Waals surface area contributed by atoms with E-state index in [-0.39, 0.29) is 18.0 Å². The molecule has 6 heteroatoms. The van der Waals surface area contributed by atoms with Crippen LogP contribution >= 0.6 is 0 Å². The van der Waals surface area contributed by atoms with E-state index in [9.17, 15) is 9.59 Å². The highest BCUT2D eigenvalue weighted by Crippen LogP contribution is 2.27. The van der Waals surface area contributed by atoms with Crippen molar-refractivity contribution in [1.29, 1.82) is 0 Å². The van der Waals surface area contributed by atoms with Crippen LogP contribution in [0.15, 0.2) is 54.6 Å². The third-order valence-electron chi connectivity index (χ3n) is 5.24. The second-order valence-electron chi connectivity index (χ2n) is 7.34. The molecule has 3 rings (SSSR count). The Kier molecular flexibility index (Phi) is 6.53. The van der Waals surface area contributed by atoms with E-state index in [0.29, 0.717) is 25.7 Å². The lowest BCUT2D eigenvalue weighted by atomic mass is 9.86. The van der Waals surface area contributed by atoms with Crippen LogP contribution in [0, 0.1) is 5.92 Å². The first-order valence-corrected chi connectivity index (χ1v) is 9.67. The minimum Gasteiger partial charge on any atom is -0.481 e. The quantitative estimate of drug-likeness (QED) is 0.704. The van der Waals surface area contributed by atoms with Crippen molar-refractivity contribution in [1.82, 2.24) is 5.32 Å². The third kappa shape index (κ3) is 5.25. The van der Waals surface area contributed by atoms with Gasteiger partial charge in [0.05, 0.1) is 17.3 Å². The second-order valence-corrected chi connectivity index (χ2v) is 7.34. The Morgan fingerprint density at radius 1 is 1.00 bits per heavy atom. The van der Waals surface area contributed by atoms with Crippen LogP contribution in [0.1, 0.15) is 31.2 Å². The van der Waals surface area contributed by atoms with Crippen LogP contribution in [-0.2, 0) is 11.3 Å². The number of amides is 2. The van der Waals surface area contributed by atoms with E-state index >= 15 is 0 Å². The number of aliphatic carboxylic acids is 1. The fourth-order valence-electron chi connectivity index (χ4n) is 3.68. The fourth-order valence-corrected chi connectivity index (χ4v) is 3.68. The van der Waals surface area contributed by atoms with Crippen molar-refractivity contribution < 1.29 is 14.7 Å². The average molecular weight is 381 g/mol. The second kappa shape index (κ2) is 9.26. The number of carboxylic acid groups (broad SMARTS) is 1. The Balaban J connectivity index is 1.58. The smallest absolute Gasteiger partial charge is 0.319 e. The highest BCUT2D eigenvalue weighted by Gasteiger charge is 2.26. The molecule has 1 fully saturated rings. The Bertz CT molecular complexity index is 802. The number of carbonyl (C=O) groups excluding carboxylic acids is 1. The minimum absolute atomic E-state index is 0.0183. The van der Waals surface area contributed by atoms with Gasteiger partial charge in [-0.1, -0.05) is 42.5 Å². The van der Waals surface area contributed by atoms with Crippen LogP contribution < -0.4 is 15.5 Å². The van der Waals surface area contributed by atoms with E-state index in [4.69, 9.17) is 5.11 Å². The van der Waals surface area contributed by atoms with Gasteiger partial charge in [-0.25, -0.2) is 4.79 Å². The molecule has 0 bridgehead atoms. The molecular formula is C22H27N3O3.